The lowest BCUT2D eigenvalue weighted by Crippen LogP contribution is -2.24. The monoisotopic (exact) mass is 416 g/mol. The predicted octanol–water partition coefficient (Wildman–Crippen LogP) is 4.28. The van der Waals surface area contributed by atoms with Crippen molar-refractivity contribution in [2.24, 2.45) is 0 Å². The molecular weight excluding hydrogens is 399 g/mol. The highest BCUT2D eigenvalue weighted by Gasteiger charge is 2.19. The Morgan fingerprint density at radius 1 is 1.14 bits per heavy atom. The standard InChI is InChI=1S/C20H18Cl2N4O2/c1-4-16-23-11(2)18-20(27)25(10-12-5-6-13(21)9-14(12)22)15-7-8-17(28-3)24-19(15)26(16)18/h5-9H,4,10H2,1-3H3. The van der Waals surface area contributed by atoms with Crippen molar-refractivity contribution < 1.29 is 4.74 Å². The van der Waals surface area contributed by atoms with Gasteiger partial charge in [-0.15, -0.1) is 0 Å². The highest BCUT2D eigenvalue weighted by atomic mass is 35.5. The van der Waals surface area contributed by atoms with E-state index in [-0.39, 0.29) is 5.56 Å². The third-order valence-corrected chi connectivity index (χ3v) is 5.36. The smallest absolute Gasteiger partial charge is 0.277 e. The van der Waals surface area contributed by atoms with Gasteiger partial charge in [0.05, 0.1) is 24.9 Å². The van der Waals surface area contributed by atoms with Gasteiger partial charge in [-0.25, -0.2) is 4.98 Å². The molecule has 1 aromatic carbocycles. The van der Waals surface area contributed by atoms with Gasteiger partial charge in [0.25, 0.3) is 5.56 Å². The zero-order valence-electron chi connectivity index (χ0n) is 15.7. The van der Waals surface area contributed by atoms with Crippen LogP contribution in [-0.2, 0) is 13.0 Å². The first kappa shape index (κ1) is 18.8. The van der Waals surface area contributed by atoms with Crippen molar-refractivity contribution in [3.8, 4) is 5.88 Å². The molecule has 0 radical (unpaired) electrons. The van der Waals surface area contributed by atoms with Crippen LogP contribution in [0.25, 0.3) is 16.7 Å². The van der Waals surface area contributed by atoms with Gasteiger partial charge in [0.1, 0.15) is 11.3 Å². The van der Waals surface area contributed by atoms with Crippen LogP contribution in [0.2, 0.25) is 10.0 Å². The minimum atomic E-state index is -0.143. The summed E-state index contributed by atoms with van der Waals surface area (Å²) >= 11 is 12.4. The summed E-state index contributed by atoms with van der Waals surface area (Å²) in [7, 11) is 1.56. The first-order chi connectivity index (χ1) is 13.4. The molecule has 0 amide bonds. The van der Waals surface area contributed by atoms with Gasteiger partial charge in [-0.2, -0.15) is 4.98 Å². The van der Waals surface area contributed by atoms with Crippen LogP contribution in [0.4, 0.5) is 0 Å². The lowest BCUT2D eigenvalue weighted by atomic mass is 10.2. The van der Waals surface area contributed by atoms with Gasteiger partial charge in [0, 0.05) is 22.5 Å². The van der Waals surface area contributed by atoms with Crippen LogP contribution in [-0.4, -0.2) is 26.0 Å². The molecule has 0 unspecified atom stereocenters. The van der Waals surface area contributed by atoms with Crippen molar-refractivity contribution in [2.75, 3.05) is 7.11 Å². The van der Waals surface area contributed by atoms with E-state index in [4.69, 9.17) is 27.9 Å². The molecule has 0 atom stereocenters. The van der Waals surface area contributed by atoms with E-state index < -0.39 is 0 Å². The average molecular weight is 417 g/mol. The van der Waals surface area contributed by atoms with Crippen LogP contribution < -0.4 is 10.3 Å². The van der Waals surface area contributed by atoms with Gasteiger partial charge in [0.15, 0.2) is 5.65 Å². The number of benzene rings is 1. The Balaban J connectivity index is 2.09. The molecule has 0 N–H and O–H groups in total. The second-order valence-corrected chi connectivity index (χ2v) is 7.32. The van der Waals surface area contributed by atoms with Crippen molar-refractivity contribution in [3.63, 3.8) is 0 Å². The second kappa shape index (κ2) is 7.11. The molecule has 4 aromatic rings. The fourth-order valence-electron chi connectivity index (χ4n) is 3.43. The Hall–Kier alpha value is -2.57. The molecule has 0 bridgehead atoms. The Morgan fingerprint density at radius 3 is 2.61 bits per heavy atom. The van der Waals surface area contributed by atoms with E-state index in [2.05, 4.69) is 9.97 Å². The second-order valence-electron chi connectivity index (χ2n) is 6.47. The predicted molar refractivity (Wildman–Crippen MR) is 111 cm³/mol. The molecule has 3 heterocycles. The molecule has 0 saturated carbocycles. The van der Waals surface area contributed by atoms with Crippen molar-refractivity contribution in [2.45, 2.75) is 26.8 Å². The maximum atomic E-state index is 13.4. The number of halogens is 2. The van der Waals surface area contributed by atoms with Crippen LogP contribution in [0.15, 0.2) is 35.1 Å². The zero-order valence-corrected chi connectivity index (χ0v) is 17.2. The van der Waals surface area contributed by atoms with Crippen LogP contribution >= 0.6 is 23.2 Å². The first-order valence-corrected chi connectivity index (χ1v) is 9.59. The molecule has 0 aliphatic carbocycles. The molecule has 28 heavy (non-hydrogen) atoms. The van der Waals surface area contributed by atoms with Gasteiger partial charge in [-0.3, -0.25) is 13.8 Å². The third kappa shape index (κ3) is 2.93. The van der Waals surface area contributed by atoms with Crippen molar-refractivity contribution in [1.82, 2.24) is 18.9 Å². The maximum absolute atomic E-state index is 13.4. The molecule has 6 nitrogen and oxygen atoms in total. The van der Waals surface area contributed by atoms with Gasteiger partial charge in [-0.05, 0) is 30.7 Å². The highest BCUT2D eigenvalue weighted by molar-refractivity contribution is 6.35. The molecule has 0 saturated heterocycles. The fraction of sp³-hybridized carbons (Fsp3) is 0.250. The Morgan fingerprint density at radius 2 is 1.93 bits per heavy atom. The third-order valence-electron chi connectivity index (χ3n) is 4.77. The van der Waals surface area contributed by atoms with Crippen LogP contribution in [0.3, 0.4) is 0 Å². The number of hydrogen-bond donors (Lipinski definition) is 0. The topological polar surface area (TPSA) is 61.4 Å². The van der Waals surface area contributed by atoms with Crippen LogP contribution in [0.1, 0.15) is 24.0 Å². The lowest BCUT2D eigenvalue weighted by molar-refractivity contribution is 0.399. The molecule has 8 heteroatoms. The van der Waals surface area contributed by atoms with Crippen LogP contribution in [0.5, 0.6) is 5.88 Å². The van der Waals surface area contributed by atoms with Gasteiger partial charge in [0.2, 0.25) is 5.88 Å². The number of methoxy groups -OCH3 is 1. The zero-order chi connectivity index (χ0) is 20.0. The van der Waals surface area contributed by atoms with E-state index >= 15 is 0 Å². The van der Waals surface area contributed by atoms with E-state index in [0.717, 1.165) is 11.4 Å². The summed E-state index contributed by atoms with van der Waals surface area (Å²) in [5, 5.41) is 1.06. The fourth-order valence-corrected chi connectivity index (χ4v) is 3.90. The minimum Gasteiger partial charge on any atom is -0.481 e. The molecule has 3 aromatic heterocycles. The largest absolute Gasteiger partial charge is 0.481 e. The maximum Gasteiger partial charge on any atom is 0.277 e. The van der Waals surface area contributed by atoms with E-state index in [1.54, 1.807) is 29.9 Å². The molecule has 144 valence electrons. The SMILES string of the molecule is CCc1nc(C)c2c(=O)n(Cc3ccc(Cl)cc3Cl)c3ccc(OC)nc3n12. The summed E-state index contributed by atoms with van der Waals surface area (Å²) in [4.78, 5) is 22.6. The Kier molecular flexibility index (Phi) is 4.77. The molecule has 0 spiro atoms. The molecule has 0 aliphatic heterocycles. The average Bonchev–Trinajstić information content (AvgIpc) is 3.03. The van der Waals surface area contributed by atoms with Crippen molar-refractivity contribution in [1.29, 1.82) is 0 Å². The minimum absolute atomic E-state index is 0.143. The van der Waals surface area contributed by atoms with Crippen molar-refractivity contribution >= 4 is 39.9 Å². The quantitative estimate of drug-likeness (QED) is 0.497. The number of aryl methyl sites for hydroxylation is 2. The first-order valence-electron chi connectivity index (χ1n) is 8.84. The Labute approximate surface area is 171 Å². The molecule has 0 fully saturated rings. The summed E-state index contributed by atoms with van der Waals surface area (Å²) in [6.07, 6.45) is 0.676. The number of pyridine rings is 1. The van der Waals surface area contributed by atoms with E-state index in [1.807, 2.05) is 30.4 Å². The molecule has 4 rings (SSSR count). The van der Waals surface area contributed by atoms with Crippen LogP contribution in [0, 0.1) is 6.92 Å². The van der Waals surface area contributed by atoms with Crippen molar-refractivity contribution in [3.05, 3.63) is 67.8 Å². The number of ether oxygens (including phenoxy) is 1. The van der Waals surface area contributed by atoms with Gasteiger partial charge >= 0.3 is 0 Å². The highest BCUT2D eigenvalue weighted by Crippen LogP contribution is 2.25. The summed E-state index contributed by atoms with van der Waals surface area (Å²) in [5.74, 6) is 1.25. The summed E-state index contributed by atoms with van der Waals surface area (Å²) < 4.78 is 8.80. The number of nitrogens with zero attached hydrogens (tertiary/aromatic N) is 4. The van der Waals surface area contributed by atoms with E-state index in [1.165, 1.54) is 0 Å². The normalized spacial score (nSPS) is 11.5. The van der Waals surface area contributed by atoms with Gasteiger partial charge in [-0.1, -0.05) is 36.2 Å². The van der Waals surface area contributed by atoms with E-state index in [9.17, 15) is 4.79 Å². The summed E-state index contributed by atoms with van der Waals surface area (Å²) in [6, 6.07) is 8.83. The number of imidazole rings is 1. The summed E-state index contributed by atoms with van der Waals surface area (Å²) in [6.45, 7) is 4.13. The Bertz CT molecular complexity index is 1280. The molecule has 0 aliphatic rings. The van der Waals surface area contributed by atoms with E-state index in [0.29, 0.717) is 51.3 Å². The lowest BCUT2D eigenvalue weighted by Gasteiger charge is -2.14. The number of aromatic nitrogens is 4. The number of hydrogen-bond acceptors (Lipinski definition) is 4. The number of fused-ring (bicyclic) bond motifs is 3. The van der Waals surface area contributed by atoms with Gasteiger partial charge < -0.3 is 4.74 Å². The molecular formula is C20H18Cl2N4O2. The number of rotatable bonds is 4. The summed E-state index contributed by atoms with van der Waals surface area (Å²) in [5.41, 5.74) is 3.13.